The summed E-state index contributed by atoms with van der Waals surface area (Å²) in [6, 6.07) is 14.7. The molecule has 8 nitrogen and oxygen atoms in total. The molecule has 2 fully saturated rings. The van der Waals surface area contributed by atoms with Crippen LogP contribution in [0.15, 0.2) is 48.5 Å². The summed E-state index contributed by atoms with van der Waals surface area (Å²) < 4.78 is 15.6. The van der Waals surface area contributed by atoms with Crippen LogP contribution in [-0.4, -0.2) is 72.1 Å². The number of nitrogens with one attached hydrogen (secondary N) is 2. The molecule has 0 radical (unpaired) electrons. The number of aromatic nitrogens is 2. The standard InChI is InChI=1S/C27H33FN6O2/c28-22-8-6-20(7-9-22)18-34-24-5-2-1-4-23(24)31-27(34)33-15-10-21(11-16-33)26(36)30-12-3-14-32-17-13-29-25(35)19-32/h1-2,4-9,21H,3,10-19H2,(H,29,35)(H,30,36). The van der Waals surface area contributed by atoms with E-state index in [4.69, 9.17) is 4.98 Å². The molecule has 0 spiro atoms. The lowest BCUT2D eigenvalue weighted by atomic mass is 9.96. The van der Waals surface area contributed by atoms with Gasteiger partial charge in [-0.05, 0) is 49.1 Å². The van der Waals surface area contributed by atoms with Crippen molar-refractivity contribution in [3.8, 4) is 0 Å². The quantitative estimate of drug-likeness (QED) is 0.472. The van der Waals surface area contributed by atoms with E-state index < -0.39 is 0 Å². The lowest BCUT2D eigenvalue weighted by molar-refractivity contribution is -0.126. The number of rotatable bonds is 8. The van der Waals surface area contributed by atoms with E-state index in [1.807, 2.05) is 30.3 Å². The number of halogens is 1. The van der Waals surface area contributed by atoms with Crippen LogP contribution in [0.3, 0.4) is 0 Å². The molecule has 0 unspecified atom stereocenters. The molecule has 1 aromatic heterocycles. The predicted molar refractivity (Wildman–Crippen MR) is 137 cm³/mol. The Hall–Kier alpha value is -3.46. The fraction of sp³-hybridized carbons (Fsp3) is 0.444. The molecular weight excluding hydrogens is 459 g/mol. The number of imidazole rings is 1. The van der Waals surface area contributed by atoms with E-state index >= 15 is 0 Å². The minimum atomic E-state index is -0.242. The highest BCUT2D eigenvalue weighted by Gasteiger charge is 2.27. The van der Waals surface area contributed by atoms with Crippen LogP contribution in [0.2, 0.25) is 0 Å². The van der Waals surface area contributed by atoms with Gasteiger partial charge in [-0.2, -0.15) is 0 Å². The Labute approximate surface area is 210 Å². The monoisotopic (exact) mass is 492 g/mol. The van der Waals surface area contributed by atoms with Crippen molar-refractivity contribution in [2.75, 3.05) is 50.7 Å². The maximum Gasteiger partial charge on any atom is 0.234 e. The number of fused-ring (bicyclic) bond motifs is 1. The minimum Gasteiger partial charge on any atom is -0.356 e. The average molecular weight is 493 g/mol. The zero-order chi connectivity index (χ0) is 24.9. The second kappa shape index (κ2) is 11.1. The predicted octanol–water partition coefficient (Wildman–Crippen LogP) is 2.38. The lowest BCUT2D eigenvalue weighted by Gasteiger charge is -2.32. The van der Waals surface area contributed by atoms with Gasteiger partial charge in [0.05, 0.1) is 24.1 Å². The molecule has 3 heterocycles. The minimum absolute atomic E-state index is 0.00283. The number of carbonyl (C=O) groups excluding carboxylic acids is 2. The molecule has 190 valence electrons. The molecule has 2 aliphatic rings. The van der Waals surface area contributed by atoms with Gasteiger partial charge >= 0.3 is 0 Å². The number of hydrogen-bond donors (Lipinski definition) is 2. The van der Waals surface area contributed by atoms with E-state index in [1.54, 1.807) is 0 Å². The van der Waals surface area contributed by atoms with Gasteiger partial charge in [-0.3, -0.25) is 14.5 Å². The molecule has 3 aromatic rings. The van der Waals surface area contributed by atoms with Gasteiger partial charge in [0, 0.05) is 45.2 Å². The van der Waals surface area contributed by atoms with Crippen molar-refractivity contribution in [2.24, 2.45) is 5.92 Å². The summed E-state index contributed by atoms with van der Waals surface area (Å²) in [6.07, 6.45) is 2.39. The van der Waals surface area contributed by atoms with E-state index in [9.17, 15) is 14.0 Å². The second-order valence-corrected chi connectivity index (χ2v) is 9.65. The van der Waals surface area contributed by atoms with Gasteiger partial charge in [0.2, 0.25) is 17.8 Å². The fourth-order valence-electron chi connectivity index (χ4n) is 5.12. The highest BCUT2D eigenvalue weighted by molar-refractivity contribution is 5.80. The van der Waals surface area contributed by atoms with Crippen LogP contribution in [0.1, 0.15) is 24.8 Å². The van der Waals surface area contributed by atoms with Crippen LogP contribution < -0.4 is 15.5 Å². The smallest absolute Gasteiger partial charge is 0.234 e. The number of hydrogen-bond acceptors (Lipinski definition) is 5. The van der Waals surface area contributed by atoms with Gasteiger partial charge in [0.1, 0.15) is 5.82 Å². The van der Waals surface area contributed by atoms with Crippen LogP contribution in [0.4, 0.5) is 10.3 Å². The van der Waals surface area contributed by atoms with E-state index in [0.717, 1.165) is 68.0 Å². The van der Waals surface area contributed by atoms with E-state index in [2.05, 4.69) is 31.1 Å². The molecular formula is C27H33FN6O2. The summed E-state index contributed by atoms with van der Waals surface area (Å²) in [5.41, 5.74) is 2.99. The number of carbonyl (C=O) groups is 2. The summed E-state index contributed by atoms with van der Waals surface area (Å²) >= 11 is 0. The Morgan fingerprint density at radius 3 is 2.64 bits per heavy atom. The van der Waals surface area contributed by atoms with Gasteiger partial charge < -0.3 is 20.1 Å². The van der Waals surface area contributed by atoms with Crippen molar-refractivity contribution in [3.05, 3.63) is 59.9 Å². The highest BCUT2D eigenvalue weighted by atomic mass is 19.1. The summed E-state index contributed by atoms with van der Waals surface area (Å²) in [6.45, 7) is 5.57. The number of amides is 2. The first-order chi connectivity index (χ1) is 17.6. The average Bonchev–Trinajstić information content (AvgIpc) is 3.26. The van der Waals surface area contributed by atoms with Crippen molar-refractivity contribution in [2.45, 2.75) is 25.8 Å². The van der Waals surface area contributed by atoms with Crippen LogP contribution in [-0.2, 0) is 16.1 Å². The zero-order valence-corrected chi connectivity index (χ0v) is 20.5. The first-order valence-corrected chi connectivity index (χ1v) is 12.8. The number of para-hydroxylation sites is 2. The van der Waals surface area contributed by atoms with Gasteiger partial charge in [-0.15, -0.1) is 0 Å². The molecule has 36 heavy (non-hydrogen) atoms. The normalized spacial score (nSPS) is 17.4. The first kappa shape index (κ1) is 24.2. The molecule has 2 aromatic carbocycles. The molecule has 2 amide bonds. The van der Waals surface area contributed by atoms with E-state index in [0.29, 0.717) is 26.2 Å². The Morgan fingerprint density at radius 2 is 1.86 bits per heavy atom. The number of nitrogens with zero attached hydrogens (tertiary/aromatic N) is 4. The topological polar surface area (TPSA) is 82.5 Å². The van der Waals surface area contributed by atoms with Gasteiger partial charge in [0.15, 0.2) is 0 Å². The van der Waals surface area contributed by atoms with Crippen molar-refractivity contribution >= 4 is 28.8 Å². The summed E-state index contributed by atoms with van der Waals surface area (Å²) in [7, 11) is 0. The van der Waals surface area contributed by atoms with Crippen molar-refractivity contribution in [1.82, 2.24) is 25.1 Å². The molecule has 0 bridgehead atoms. The SMILES string of the molecule is O=C1CN(CCCNC(=O)C2CCN(c3nc4ccccc4n3Cc3ccc(F)cc3)CC2)CCN1. The maximum absolute atomic E-state index is 13.4. The number of benzene rings is 2. The zero-order valence-electron chi connectivity index (χ0n) is 20.5. The van der Waals surface area contributed by atoms with Gasteiger partial charge in [0.25, 0.3) is 0 Å². The van der Waals surface area contributed by atoms with Crippen molar-refractivity contribution < 1.29 is 14.0 Å². The molecule has 2 aliphatic heterocycles. The third kappa shape index (κ3) is 5.67. The molecule has 9 heteroatoms. The molecule has 0 atom stereocenters. The Balaban J connectivity index is 1.17. The van der Waals surface area contributed by atoms with E-state index in [-0.39, 0.29) is 23.5 Å². The lowest BCUT2D eigenvalue weighted by Crippen LogP contribution is -2.48. The number of piperidine rings is 1. The molecule has 2 N–H and O–H groups in total. The molecule has 0 saturated carbocycles. The van der Waals surface area contributed by atoms with Crippen LogP contribution in [0, 0.1) is 11.7 Å². The van der Waals surface area contributed by atoms with Crippen molar-refractivity contribution in [3.63, 3.8) is 0 Å². The maximum atomic E-state index is 13.4. The van der Waals surface area contributed by atoms with E-state index in [1.165, 1.54) is 12.1 Å². The second-order valence-electron chi connectivity index (χ2n) is 9.65. The van der Waals surface area contributed by atoms with Crippen LogP contribution >= 0.6 is 0 Å². The summed E-state index contributed by atoms with van der Waals surface area (Å²) in [5, 5.41) is 5.92. The Morgan fingerprint density at radius 1 is 1.08 bits per heavy atom. The molecule has 0 aliphatic carbocycles. The van der Waals surface area contributed by atoms with Gasteiger partial charge in [-0.1, -0.05) is 24.3 Å². The highest BCUT2D eigenvalue weighted by Crippen LogP contribution is 2.28. The summed E-state index contributed by atoms with van der Waals surface area (Å²) in [4.78, 5) is 33.5. The number of piperazine rings is 1. The van der Waals surface area contributed by atoms with Crippen LogP contribution in [0.5, 0.6) is 0 Å². The van der Waals surface area contributed by atoms with Crippen molar-refractivity contribution in [1.29, 1.82) is 0 Å². The third-order valence-electron chi connectivity index (χ3n) is 7.10. The third-order valence-corrected chi connectivity index (χ3v) is 7.10. The molecule has 2 saturated heterocycles. The first-order valence-electron chi connectivity index (χ1n) is 12.8. The Bertz CT molecular complexity index is 1200. The largest absolute Gasteiger partial charge is 0.356 e. The van der Waals surface area contributed by atoms with Gasteiger partial charge in [-0.25, -0.2) is 9.37 Å². The Kier molecular flexibility index (Phi) is 7.46. The molecule has 5 rings (SSSR count). The number of anilines is 1. The van der Waals surface area contributed by atoms with Crippen LogP contribution in [0.25, 0.3) is 11.0 Å². The summed E-state index contributed by atoms with van der Waals surface area (Å²) in [5.74, 6) is 0.838. The fourth-order valence-corrected chi connectivity index (χ4v) is 5.12.